The monoisotopic (exact) mass is 372 g/mol. The van der Waals surface area contributed by atoms with Crippen molar-refractivity contribution in [2.24, 2.45) is 0 Å². The van der Waals surface area contributed by atoms with E-state index >= 15 is 0 Å². The predicted octanol–water partition coefficient (Wildman–Crippen LogP) is 4.88. The summed E-state index contributed by atoms with van der Waals surface area (Å²) in [6.45, 7) is 22.2. The van der Waals surface area contributed by atoms with E-state index in [1.54, 1.807) is 0 Å². The summed E-state index contributed by atoms with van der Waals surface area (Å²) in [4.78, 5) is 12.4. The molecular weight excluding hydrogens is 336 g/mol. The van der Waals surface area contributed by atoms with Crippen LogP contribution in [0, 0.1) is 0 Å². The smallest absolute Gasteiger partial charge is 0.193 e. The first kappa shape index (κ1) is 21.6. The lowest BCUT2D eigenvalue weighted by Crippen LogP contribution is -2.53. The Hall–Kier alpha value is -0.436. The lowest BCUT2D eigenvalue weighted by molar-refractivity contribution is -0.131. The Bertz CT molecular complexity index is 484. The minimum atomic E-state index is -2.07. The van der Waals surface area contributed by atoms with E-state index in [1.807, 2.05) is 0 Å². The zero-order chi connectivity index (χ0) is 19.0. The second-order valence-electron chi connectivity index (χ2n) is 9.75. The zero-order valence-corrected chi connectivity index (χ0v) is 19.1. The first-order valence-corrected chi connectivity index (χ1v) is 14.6. The van der Waals surface area contributed by atoms with Crippen LogP contribution in [0.3, 0.4) is 0 Å². The number of carbonyl (C=O) groups is 1. The van der Waals surface area contributed by atoms with Gasteiger partial charge in [0.2, 0.25) is 0 Å². The van der Waals surface area contributed by atoms with Crippen molar-refractivity contribution in [2.75, 3.05) is 6.61 Å². The summed E-state index contributed by atoms with van der Waals surface area (Å²) in [6.07, 6.45) is 2.01. The fourth-order valence-electron chi connectivity index (χ4n) is 1.82. The van der Waals surface area contributed by atoms with Gasteiger partial charge < -0.3 is 13.6 Å². The van der Waals surface area contributed by atoms with Crippen LogP contribution in [0.2, 0.25) is 36.3 Å². The second kappa shape index (κ2) is 7.06. The third-order valence-corrected chi connectivity index (χ3v) is 14.7. The molecule has 0 N–H and O–H groups in total. The largest absolute Gasteiger partial charge is 0.492 e. The minimum Gasteiger partial charge on any atom is -0.492 e. The van der Waals surface area contributed by atoms with E-state index in [0.29, 0.717) is 6.61 Å². The minimum absolute atomic E-state index is 0.0186. The number of ketones is 1. The van der Waals surface area contributed by atoms with Gasteiger partial charge in [-0.25, -0.2) is 0 Å². The van der Waals surface area contributed by atoms with Crippen LogP contribution in [-0.4, -0.2) is 41.2 Å². The molecule has 1 unspecified atom stereocenters. The van der Waals surface area contributed by atoms with Crippen molar-refractivity contribution in [2.45, 2.75) is 90.0 Å². The molecule has 0 aromatic rings. The van der Waals surface area contributed by atoms with Crippen molar-refractivity contribution in [3.05, 3.63) is 12.3 Å². The van der Waals surface area contributed by atoms with Gasteiger partial charge in [0.05, 0.1) is 12.9 Å². The number of hydrogen-bond acceptors (Lipinski definition) is 4. The molecule has 0 aromatic carbocycles. The molecule has 0 aromatic heterocycles. The van der Waals surface area contributed by atoms with Crippen molar-refractivity contribution in [1.29, 1.82) is 0 Å². The van der Waals surface area contributed by atoms with Crippen LogP contribution in [-0.2, 0) is 18.4 Å². The van der Waals surface area contributed by atoms with Crippen LogP contribution in [0.15, 0.2) is 12.3 Å². The molecule has 0 saturated heterocycles. The molecular formula is C18H36O4Si2. The number of rotatable bonds is 5. The van der Waals surface area contributed by atoms with Gasteiger partial charge in [0.15, 0.2) is 28.5 Å². The molecule has 24 heavy (non-hydrogen) atoms. The van der Waals surface area contributed by atoms with Crippen molar-refractivity contribution in [3.63, 3.8) is 0 Å². The molecule has 0 bridgehead atoms. The SMILES string of the molecule is CC(C)(C)[Si](C)(C)OC[C@H]1OC=CC(=O)C1O[Si](C)(C)C(C)(C)C. The van der Waals surface area contributed by atoms with E-state index in [-0.39, 0.29) is 22.0 Å². The number of carbonyl (C=O) groups excluding carboxylic acids is 1. The summed E-state index contributed by atoms with van der Waals surface area (Å²) in [7, 11) is -3.96. The molecule has 1 aliphatic rings. The fourth-order valence-corrected chi connectivity index (χ4v) is 4.09. The summed E-state index contributed by atoms with van der Waals surface area (Å²) < 4.78 is 18.4. The lowest BCUT2D eigenvalue weighted by atomic mass is 10.1. The Morgan fingerprint density at radius 2 is 1.50 bits per heavy atom. The van der Waals surface area contributed by atoms with E-state index in [4.69, 9.17) is 13.6 Å². The quantitative estimate of drug-likeness (QED) is 0.645. The van der Waals surface area contributed by atoms with Crippen molar-refractivity contribution in [1.82, 2.24) is 0 Å². The van der Waals surface area contributed by atoms with E-state index in [9.17, 15) is 4.79 Å². The Labute approximate surface area is 150 Å². The zero-order valence-electron chi connectivity index (χ0n) is 17.1. The van der Waals surface area contributed by atoms with Crippen molar-refractivity contribution >= 4 is 22.4 Å². The second-order valence-corrected chi connectivity index (χ2v) is 19.3. The maximum Gasteiger partial charge on any atom is 0.193 e. The summed E-state index contributed by atoms with van der Waals surface area (Å²) in [5.41, 5.74) is 0. The summed E-state index contributed by atoms with van der Waals surface area (Å²) in [6, 6.07) is 0. The Morgan fingerprint density at radius 3 is 1.96 bits per heavy atom. The van der Waals surface area contributed by atoms with Gasteiger partial charge in [0.25, 0.3) is 0 Å². The van der Waals surface area contributed by atoms with Gasteiger partial charge in [0.1, 0.15) is 6.10 Å². The highest BCUT2D eigenvalue weighted by Crippen LogP contribution is 2.39. The fraction of sp³-hybridized carbons (Fsp3) is 0.833. The normalized spacial score (nSPS) is 23.3. The van der Waals surface area contributed by atoms with Crippen LogP contribution in [0.5, 0.6) is 0 Å². The van der Waals surface area contributed by atoms with Crippen LogP contribution in [0.25, 0.3) is 0 Å². The van der Waals surface area contributed by atoms with Gasteiger partial charge in [0, 0.05) is 6.08 Å². The number of hydrogen-bond donors (Lipinski definition) is 0. The van der Waals surface area contributed by atoms with Gasteiger partial charge >= 0.3 is 0 Å². The molecule has 2 atom stereocenters. The van der Waals surface area contributed by atoms with E-state index < -0.39 is 22.7 Å². The molecule has 0 radical (unpaired) electrons. The van der Waals surface area contributed by atoms with E-state index in [1.165, 1.54) is 12.3 Å². The topological polar surface area (TPSA) is 44.8 Å². The van der Waals surface area contributed by atoms with Gasteiger partial charge in [-0.1, -0.05) is 41.5 Å². The highest BCUT2D eigenvalue weighted by molar-refractivity contribution is 6.74. The van der Waals surface area contributed by atoms with Crippen LogP contribution in [0.1, 0.15) is 41.5 Å². The Morgan fingerprint density at radius 1 is 1.00 bits per heavy atom. The molecule has 1 rings (SSSR count). The molecule has 1 heterocycles. The van der Waals surface area contributed by atoms with Crippen LogP contribution in [0.4, 0.5) is 0 Å². The maximum absolute atomic E-state index is 12.4. The average Bonchev–Trinajstić information content (AvgIpc) is 2.36. The first-order chi connectivity index (χ1) is 10.6. The third kappa shape index (κ3) is 5.03. The molecule has 1 aliphatic heterocycles. The van der Waals surface area contributed by atoms with E-state index in [0.717, 1.165) is 0 Å². The maximum atomic E-state index is 12.4. The highest BCUT2D eigenvalue weighted by Gasteiger charge is 2.45. The van der Waals surface area contributed by atoms with Gasteiger partial charge in [-0.3, -0.25) is 4.79 Å². The molecule has 0 spiro atoms. The van der Waals surface area contributed by atoms with Crippen molar-refractivity contribution in [3.8, 4) is 0 Å². The van der Waals surface area contributed by atoms with Crippen LogP contribution >= 0.6 is 0 Å². The van der Waals surface area contributed by atoms with Crippen molar-refractivity contribution < 1.29 is 18.4 Å². The predicted molar refractivity (Wildman–Crippen MR) is 104 cm³/mol. The number of ether oxygens (including phenoxy) is 1. The van der Waals surface area contributed by atoms with Gasteiger partial charge in [-0.05, 0) is 36.3 Å². The molecule has 0 aliphatic carbocycles. The molecule has 0 saturated carbocycles. The van der Waals surface area contributed by atoms with Gasteiger partial charge in [-0.2, -0.15) is 0 Å². The third-order valence-electron chi connectivity index (χ3n) is 5.75. The Balaban J connectivity index is 2.89. The molecule has 140 valence electrons. The molecule has 6 heteroatoms. The van der Waals surface area contributed by atoms with Crippen LogP contribution < -0.4 is 0 Å². The summed E-state index contributed by atoms with van der Waals surface area (Å²) in [5, 5.41) is 0.163. The molecule has 0 fully saturated rings. The van der Waals surface area contributed by atoms with E-state index in [2.05, 4.69) is 67.7 Å². The molecule has 4 nitrogen and oxygen atoms in total. The Kier molecular flexibility index (Phi) is 6.35. The lowest BCUT2D eigenvalue weighted by Gasteiger charge is -2.42. The molecule has 0 amide bonds. The summed E-state index contributed by atoms with van der Waals surface area (Å²) in [5.74, 6) is -0.0186. The van der Waals surface area contributed by atoms with Gasteiger partial charge in [-0.15, -0.1) is 0 Å². The first-order valence-electron chi connectivity index (χ1n) is 8.76. The standard InChI is InChI=1S/C18H36O4Si2/c1-17(2,3)23(7,8)21-13-15-16(14(19)11-12-20-15)22-24(9,10)18(4,5)6/h11-12,15-16H,13H2,1-10H3/t15-,16?/m1/s1. The average molecular weight is 373 g/mol. The highest BCUT2D eigenvalue weighted by atomic mass is 28.4. The summed E-state index contributed by atoms with van der Waals surface area (Å²) >= 11 is 0.